The highest BCUT2D eigenvalue weighted by molar-refractivity contribution is 9.11. The number of hydrogen-bond acceptors (Lipinski definition) is 4. The number of nitrogens with one attached hydrogen (secondary N) is 1. The Morgan fingerprint density at radius 2 is 2.14 bits per heavy atom. The molecule has 0 aliphatic heterocycles. The van der Waals surface area contributed by atoms with Gasteiger partial charge in [0.15, 0.2) is 0 Å². The molecule has 0 radical (unpaired) electrons. The minimum Gasteiger partial charge on any atom is -0.495 e. The van der Waals surface area contributed by atoms with Gasteiger partial charge in [-0.25, -0.2) is 0 Å². The summed E-state index contributed by atoms with van der Waals surface area (Å²) >= 11 is 6.74. The molecule has 21 heavy (non-hydrogen) atoms. The second kappa shape index (κ2) is 8.82. The molecular formula is C14H14Br2N2O3. The SMILES string of the molecule is COCCNC(=O)/C(C#N)=C/c1cc(Br)cc(Br)c1OC. The monoisotopic (exact) mass is 416 g/mol. The van der Waals surface area contributed by atoms with Crippen LogP contribution in [0.25, 0.3) is 6.08 Å². The molecule has 0 unspecified atom stereocenters. The standard InChI is InChI=1S/C14H14Br2N2O3/c1-20-4-3-18-14(19)10(8-17)5-9-6-11(15)7-12(16)13(9)21-2/h5-7H,3-4H2,1-2H3,(H,18,19)/b10-5+. The summed E-state index contributed by atoms with van der Waals surface area (Å²) in [6.45, 7) is 0.726. The highest BCUT2D eigenvalue weighted by Crippen LogP contribution is 2.33. The van der Waals surface area contributed by atoms with Gasteiger partial charge in [0.1, 0.15) is 17.4 Å². The molecule has 0 aromatic heterocycles. The van der Waals surface area contributed by atoms with Crippen LogP contribution in [-0.2, 0) is 9.53 Å². The van der Waals surface area contributed by atoms with E-state index >= 15 is 0 Å². The Bertz CT molecular complexity index is 595. The average molecular weight is 418 g/mol. The van der Waals surface area contributed by atoms with Crippen molar-refractivity contribution in [1.29, 1.82) is 5.26 Å². The Morgan fingerprint density at radius 3 is 2.71 bits per heavy atom. The van der Waals surface area contributed by atoms with Gasteiger partial charge in [0, 0.05) is 23.7 Å². The summed E-state index contributed by atoms with van der Waals surface area (Å²) in [5.74, 6) is 0.100. The second-order valence-corrected chi connectivity index (χ2v) is 5.70. The quantitative estimate of drug-likeness (QED) is 0.438. The fourth-order valence-corrected chi connectivity index (χ4v) is 2.99. The van der Waals surface area contributed by atoms with Crippen molar-refractivity contribution in [2.45, 2.75) is 0 Å². The van der Waals surface area contributed by atoms with Crippen LogP contribution in [0.3, 0.4) is 0 Å². The van der Waals surface area contributed by atoms with E-state index in [9.17, 15) is 4.79 Å². The zero-order chi connectivity index (χ0) is 15.8. The zero-order valence-corrected chi connectivity index (χ0v) is 14.7. The summed E-state index contributed by atoms with van der Waals surface area (Å²) in [6, 6.07) is 5.48. The number of carbonyl (C=O) groups is 1. The van der Waals surface area contributed by atoms with E-state index in [0.717, 1.165) is 8.95 Å². The summed E-state index contributed by atoms with van der Waals surface area (Å²) in [7, 11) is 3.06. The van der Waals surface area contributed by atoms with E-state index in [-0.39, 0.29) is 5.57 Å². The van der Waals surface area contributed by atoms with Gasteiger partial charge in [-0.2, -0.15) is 5.26 Å². The summed E-state index contributed by atoms with van der Waals surface area (Å²) in [4.78, 5) is 11.9. The molecule has 1 amide bonds. The lowest BCUT2D eigenvalue weighted by Gasteiger charge is -2.09. The smallest absolute Gasteiger partial charge is 0.262 e. The maximum atomic E-state index is 11.9. The Kier molecular flexibility index (Phi) is 7.43. The van der Waals surface area contributed by atoms with Gasteiger partial charge in [0.05, 0.1) is 18.2 Å². The van der Waals surface area contributed by atoms with E-state index < -0.39 is 5.91 Å². The van der Waals surface area contributed by atoms with Crippen molar-refractivity contribution in [3.8, 4) is 11.8 Å². The number of methoxy groups -OCH3 is 2. The third-order valence-corrected chi connectivity index (χ3v) is 3.54. The van der Waals surface area contributed by atoms with Gasteiger partial charge in [0.25, 0.3) is 5.91 Å². The molecule has 5 nitrogen and oxygen atoms in total. The first-order valence-corrected chi connectivity index (χ1v) is 7.54. The van der Waals surface area contributed by atoms with Crippen molar-refractivity contribution >= 4 is 43.8 Å². The topological polar surface area (TPSA) is 71.3 Å². The van der Waals surface area contributed by atoms with Crippen LogP contribution in [0.15, 0.2) is 26.7 Å². The van der Waals surface area contributed by atoms with Gasteiger partial charge in [-0.05, 0) is 34.1 Å². The van der Waals surface area contributed by atoms with Gasteiger partial charge < -0.3 is 14.8 Å². The summed E-state index contributed by atoms with van der Waals surface area (Å²) in [6.07, 6.45) is 1.48. The van der Waals surface area contributed by atoms with Crippen LogP contribution in [0.2, 0.25) is 0 Å². The minimum atomic E-state index is -0.451. The Hall–Kier alpha value is -1.36. The molecule has 0 aliphatic rings. The largest absolute Gasteiger partial charge is 0.495 e. The number of nitrogens with zero attached hydrogens (tertiary/aromatic N) is 1. The second-order valence-electron chi connectivity index (χ2n) is 3.93. The number of rotatable bonds is 6. The highest BCUT2D eigenvalue weighted by Gasteiger charge is 2.12. The molecule has 0 bridgehead atoms. The van der Waals surface area contributed by atoms with Crippen LogP contribution in [0.1, 0.15) is 5.56 Å². The number of hydrogen-bond donors (Lipinski definition) is 1. The molecule has 1 N–H and O–H groups in total. The van der Waals surface area contributed by atoms with Crippen LogP contribution in [0, 0.1) is 11.3 Å². The van der Waals surface area contributed by atoms with Crippen LogP contribution in [-0.4, -0.2) is 33.3 Å². The molecule has 0 heterocycles. The Labute approximate surface area is 140 Å². The van der Waals surface area contributed by atoms with Crippen LogP contribution in [0.4, 0.5) is 0 Å². The molecule has 0 spiro atoms. The molecule has 0 atom stereocenters. The first-order valence-electron chi connectivity index (χ1n) is 5.95. The van der Waals surface area contributed by atoms with Gasteiger partial charge in [-0.1, -0.05) is 15.9 Å². The highest BCUT2D eigenvalue weighted by atomic mass is 79.9. The van der Waals surface area contributed by atoms with E-state index in [1.165, 1.54) is 20.3 Å². The zero-order valence-electron chi connectivity index (χ0n) is 11.6. The Balaban J connectivity index is 3.09. The van der Waals surface area contributed by atoms with Crippen molar-refractivity contribution in [1.82, 2.24) is 5.32 Å². The van der Waals surface area contributed by atoms with Crippen molar-refractivity contribution in [3.63, 3.8) is 0 Å². The van der Waals surface area contributed by atoms with Crippen molar-refractivity contribution in [2.75, 3.05) is 27.4 Å². The van der Waals surface area contributed by atoms with Gasteiger partial charge in [0.2, 0.25) is 0 Å². The Morgan fingerprint density at radius 1 is 1.43 bits per heavy atom. The van der Waals surface area contributed by atoms with E-state index in [0.29, 0.717) is 24.5 Å². The van der Waals surface area contributed by atoms with Crippen molar-refractivity contribution in [2.24, 2.45) is 0 Å². The molecular weight excluding hydrogens is 404 g/mol. The molecule has 7 heteroatoms. The number of carbonyl (C=O) groups excluding carboxylic acids is 1. The van der Waals surface area contributed by atoms with Crippen molar-refractivity contribution in [3.05, 3.63) is 32.2 Å². The molecule has 0 aliphatic carbocycles. The van der Waals surface area contributed by atoms with Gasteiger partial charge in [-0.15, -0.1) is 0 Å². The molecule has 0 saturated heterocycles. The fourth-order valence-electron chi connectivity index (χ4n) is 1.57. The lowest BCUT2D eigenvalue weighted by molar-refractivity contribution is -0.117. The van der Waals surface area contributed by atoms with E-state index in [4.69, 9.17) is 14.7 Å². The van der Waals surface area contributed by atoms with Gasteiger partial charge >= 0.3 is 0 Å². The van der Waals surface area contributed by atoms with E-state index in [1.807, 2.05) is 12.1 Å². The molecule has 0 fully saturated rings. The number of benzene rings is 1. The molecule has 1 aromatic carbocycles. The predicted octanol–water partition coefficient (Wildman–Crippen LogP) is 2.89. The predicted molar refractivity (Wildman–Crippen MR) is 86.9 cm³/mol. The maximum absolute atomic E-state index is 11.9. The van der Waals surface area contributed by atoms with Crippen LogP contribution in [0.5, 0.6) is 5.75 Å². The van der Waals surface area contributed by atoms with E-state index in [2.05, 4.69) is 37.2 Å². The first-order chi connectivity index (χ1) is 10.0. The normalized spacial score (nSPS) is 10.9. The van der Waals surface area contributed by atoms with Crippen molar-refractivity contribution < 1.29 is 14.3 Å². The summed E-state index contributed by atoms with van der Waals surface area (Å²) < 4.78 is 11.7. The number of halogens is 2. The summed E-state index contributed by atoms with van der Waals surface area (Å²) in [5, 5.41) is 11.7. The number of nitriles is 1. The summed E-state index contributed by atoms with van der Waals surface area (Å²) in [5.41, 5.74) is 0.617. The van der Waals surface area contributed by atoms with Crippen LogP contribution >= 0.6 is 31.9 Å². The minimum absolute atomic E-state index is 0.00518. The van der Waals surface area contributed by atoms with Gasteiger partial charge in [-0.3, -0.25) is 4.79 Å². The fraction of sp³-hybridized carbons (Fsp3) is 0.286. The molecule has 112 valence electrons. The third kappa shape index (κ3) is 5.16. The lowest BCUT2D eigenvalue weighted by atomic mass is 10.1. The molecule has 1 rings (SSSR count). The average Bonchev–Trinajstić information content (AvgIpc) is 2.44. The number of amides is 1. The molecule has 0 saturated carbocycles. The third-order valence-electron chi connectivity index (χ3n) is 2.50. The first kappa shape index (κ1) is 17.7. The lowest BCUT2D eigenvalue weighted by Crippen LogP contribution is -2.27. The van der Waals surface area contributed by atoms with E-state index in [1.54, 1.807) is 6.07 Å². The number of ether oxygens (including phenoxy) is 2. The van der Waals surface area contributed by atoms with Crippen LogP contribution < -0.4 is 10.1 Å². The maximum Gasteiger partial charge on any atom is 0.262 e. The molecule has 1 aromatic rings.